The second-order valence-corrected chi connectivity index (χ2v) is 9.88. The van der Waals surface area contributed by atoms with Gasteiger partial charge in [0, 0.05) is 17.3 Å². The molecule has 0 saturated carbocycles. The van der Waals surface area contributed by atoms with Gasteiger partial charge in [-0.15, -0.1) is 12.4 Å². The number of hydrogen-bond acceptors (Lipinski definition) is 4. The molecule has 0 radical (unpaired) electrons. The zero-order valence-electron chi connectivity index (χ0n) is 18.5. The van der Waals surface area contributed by atoms with Crippen LogP contribution in [0.1, 0.15) is 46.8 Å². The number of sulfonamides is 1. The highest BCUT2D eigenvalue weighted by molar-refractivity contribution is 7.89. The van der Waals surface area contributed by atoms with Crippen LogP contribution in [0.25, 0.3) is 0 Å². The largest absolute Gasteiger partial charge is 0.322 e. The first kappa shape index (κ1) is 25.3. The van der Waals surface area contributed by atoms with Crippen molar-refractivity contribution in [2.45, 2.75) is 51.5 Å². The van der Waals surface area contributed by atoms with Crippen LogP contribution in [0.15, 0.2) is 41.3 Å². The van der Waals surface area contributed by atoms with E-state index in [-0.39, 0.29) is 29.3 Å². The number of piperidine rings is 1. The number of carbonyl (C=O) groups is 1. The van der Waals surface area contributed by atoms with E-state index in [1.54, 1.807) is 25.1 Å². The molecule has 1 fully saturated rings. The van der Waals surface area contributed by atoms with Crippen LogP contribution in [0.2, 0.25) is 0 Å². The summed E-state index contributed by atoms with van der Waals surface area (Å²) < 4.78 is 28.9. The maximum Gasteiger partial charge on any atom is 0.255 e. The molecule has 1 heterocycles. The normalized spacial score (nSPS) is 15.7. The fourth-order valence-electron chi connectivity index (χ4n) is 3.98. The van der Waals surface area contributed by atoms with E-state index >= 15 is 0 Å². The number of rotatable bonds is 6. The van der Waals surface area contributed by atoms with Crippen LogP contribution in [-0.2, 0) is 10.0 Å². The molecule has 0 spiro atoms. The predicted molar refractivity (Wildman–Crippen MR) is 128 cm³/mol. The van der Waals surface area contributed by atoms with E-state index in [0.29, 0.717) is 28.3 Å². The summed E-state index contributed by atoms with van der Waals surface area (Å²) in [4.78, 5) is 12.9. The fraction of sp³-hybridized carbons (Fsp3) is 0.435. The van der Waals surface area contributed by atoms with Crippen molar-refractivity contribution >= 4 is 34.0 Å². The summed E-state index contributed by atoms with van der Waals surface area (Å²) in [6.45, 7) is 9.23. The van der Waals surface area contributed by atoms with E-state index in [1.807, 2.05) is 39.0 Å². The lowest BCUT2D eigenvalue weighted by Gasteiger charge is -2.29. The second kappa shape index (κ2) is 10.6. The summed E-state index contributed by atoms with van der Waals surface area (Å²) >= 11 is 0. The Bertz CT molecular complexity index is 1030. The Hall–Kier alpha value is -1.93. The first-order chi connectivity index (χ1) is 14.2. The third kappa shape index (κ3) is 6.07. The van der Waals surface area contributed by atoms with Gasteiger partial charge in [0.1, 0.15) is 0 Å². The summed E-state index contributed by atoms with van der Waals surface area (Å²) in [6, 6.07) is 10.6. The van der Waals surface area contributed by atoms with Crippen molar-refractivity contribution in [2.75, 3.05) is 18.4 Å². The van der Waals surface area contributed by atoms with E-state index in [4.69, 9.17) is 0 Å². The zero-order valence-corrected chi connectivity index (χ0v) is 20.1. The van der Waals surface area contributed by atoms with E-state index in [9.17, 15) is 13.2 Å². The van der Waals surface area contributed by atoms with Gasteiger partial charge < -0.3 is 10.6 Å². The minimum atomic E-state index is -3.65. The molecular weight excluding hydrogens is 434 g/mol. The lowest BCUT2D eigenvalue weighted by molar-refractivity contribution is 0.102. The van der Waals surface area contributed by atoms with Crippen LogP contribution < -0.4 is 15.4 Å². The SMILES string of the molecule is Cc1cc(S(=O)(=O)N[C@H](C)C2CCNCC2)c(C)cc1NC(=O)c1ccccc1C.Cl. The first-order valence-corrected chi connectivity index (χ1v) is 11.9. The third-order valence-corrected chi connectivity index (χ3v) is 7.58. The van der Waals surface area contributed by atoms with Crippen molar-refractivity contribution in [3.8, 4) is 0 Å². The quantitative estimate of drug-likeness (QED) is 0.602. The molecule has 0 aromatic heterocycles. The van der Waals surface area contributed by atoms with Crippen LogP contribution in [-0.4, -0.2) is 33.5 Å². The fourth-order valence-corrected chi connectivity index (χ4v) is 5.60. The van der Waals surface area contributed by atoms with Crippen LogP contribution in [0.5, 0.6) is 0 Å². The van der Waals surface area contributed by atoms with Gasteiger partial charge in [-0.25, -0.2) is 13.1 Å². The highest BCUT2D eigenvalue weighted by atomic mass is 35.5. The van der Waals surface area contributed by atoms with Crippen molar-refractivity contribution in [2.24, 2.45) is 5.92 Å². The number of aryl methyl sites for hydroxylation is 3. The third-order valence-electron chi connectivity index (χ3n) is 5.88. The molecule has 1 amide bonds. The van der Waals surface area contributed by atoms with Crippen LogP contribution in [0.3, 0.4) is 0 Å². The predicted octanol–water partition coefficient (Wildman–Crippen LogP) is 3.95. The van der Waals surface area contributed by atoms with Crippen molar-refractivity contribution in [3.63, 3.8) is 0 Å². The molecule has 1 atom stereocenters. The molecular formula is C23H32ClN3O3S. The first-order valence-electron chi connectivity index (χ1n) is 10.4. The number of carbonyl (C=O) groups excluding carboxylic acids is 1. The van der Waals surface area contributed by atoms with Crippen molar-refractivity contribution < 1.29 is 13.2 Å². The Morgan fingerprint density at radius 2 is 1.68 bits per heavy atom. The average molecular weight is 466 g/mol. The van der Waals surface area contributed by atoms with Gasteiger partial charge in [-0.3, -0.25) is 4.79 Å². The number of halogens is 1. The van der Waals surface area contributed by atoms with Gasteiger partial charge in [0.05, 0.1) is 4.90 Å². The standard InChI is InChI=1S/C23H31N3O3S.ClH/c1-15-7-5-6-8-20(15)23(27)25-21-13-17(3)22(14-16(21)2)30(28,29)26-18(4)19-9-11-24-12-10-19;/h5-8,13-14,18-19,24,26H,9-12H2,1-4H3,(H,25,27);1H/t18-;/m1./s1. The van der Waals surface area contributed by atoms with E-state index in [1.165, 1.54) is 0 Å². The molecule has 1 aliphatic heterocycles. The minimum Gasteiger partial charge on any atom is -0.322 e. The van der Waals surface area contributed by atoms with Gasteiger partial charge in [-0.05, 0) is 94.4 Å². The zero-order chi connectivity index (χ0) is 21.9. The summed E-state index contributed by atoms with van der Waals surface area (Å²) in [5, 5.41) is 6.22. The molecule has 3 rings (SSSR count). The number of benzene rings is 2. The number of anilines is 1. The number of nitrogens with one attached hydrogen (secondary N) is 3. The topological polar surface area (TPSA) is 87.3 Å². The maximum absolute atomic E-state index is 13.0. The minimum absolute atomic E-state index is 0. The number of amides is 1. The molecule has 2 aromatic carbocycles. The molecule has 1 saturated heterocycles. The molecule has 8 heteroatoms. The second-order valence-electron chi connectivity index (χ2n) is 8.20. The highest BCUT2D eigenvalue weighted by Crippen LogP contribution is 2.26. The molecule has 3 N–H and O–H groups in total. The Labute approximate surface area is 191 Å². The lowest BCUT2D eigenvalue weighted by Crippen LogP contribution is -2.42. The van der Waals surface area contributed by atoms with Crippen molar-refractivity contribution in [1.29, 1.82) is 0 Å². The Morgan fingerprint density at radius 1 is 1.03 bits per heavy atom. The van der Waals surface area contributed by atoms with E-state index < -0.39 is 10.0 Å². The Morgan fingerprint density at radius 3 is 2.32 bits per heavy atom. The Balaban J connectivity index is 0.00000341. The molecule has 2 aromatic rings. The molecule has 31 heavy (non-hydrogen) atoms. The summed E-state index contributed by atoms with van der Waals surface area (Å²) in [5.41, 5.74) is 3.41. The summed E-state index contributed by atoms with van der Waals surface area (Å²) in [5.74, 6) is 0.124. The molecule has 170 valence electrons. The van der Waals surface area contributed by atoms with Crippen molar-refractivity contribution in [3.05, 3.63) is 58.7 Å². The Kier molecular flexibility index (Phi) is 8.65. The van der Waals surface area contributed by atoms with Gasteiger partial charge in [0.25, 0.3) is 5.91 Å². The van der Waals surface area contributed by atoms with Gasteiger partial charge in [-0.2, -0.15) is 0 Å². The molecule has 0 unspecified atom stereocenters. The lowest BCUT2D eigenvalue weighted by atomic mass is 9.92. The van der Waals surface area contributed by atoms with Crippen LogP contribution >= 0.6 is 12.4 Å². The summed E-state index contributed by atoms with van der Waals surface area (Å²) in [7, 11) is -3.65. The van der Waals surface area contributed by atoms with Gasteiger partial charge in [0.15, 0.2) is 0 Å². The van der Waals surface area contributed by atoms with E-state index in [2.05, 4.69) is 15.4 Å². The maximum atomic E-state index is 13.0. The molecule has 6 nitrogen and oxygen atoms in total. The van der Waals surface area contributed by atoms with Gasteiger partial charge in [0.2, 0.25) is 10.0 Å². The van der Waals surface area contributed by atoms with E-state index in [0.717, 1.165) is 31.5 Å². The van der Waals surface area contributed by atoms with Crippen molar-refractivity contribution in [1.82, 2.24) is 10.0 Å². The van der Waals surface area contributed by atoms with Gasteiger partial charge >= 0.3 is 0 Å². The van der Waals surface area contributed by atoms with Crippen LogP contribution in [0, 0.1) is 26.7 Å². The van der Waals surface area contributed by atoms with Gasteiger partial charge in [-0.1, -0.05) is 18.2 Å². The number of hydrogen-bond donors (Lipinski definition) is 3. The van der Waals surface area contributed by atoms with Crippen LogP contribution in [0.4, 0.5) is 5.69 Å². The molecule has 1 aliphatic rings. The molecule has 0 bridgehead atoms. The smallest absolute Gasteiger partial charge is 0.255 e. The average Bonchev–Trinajstić information content (AvgIpc) is 2.71. The highest BCUT2D eigenvalue weighted by Gasteiger charge is 2.26. The molecule has 0 aliphatic carbocycles. The summed E-state index contributed by atoms with van der Waals surface area (Å²) in [6.07, 6.45) is 1.93. The monoisotopic (exact) mass is 465 g/mol.